The number of alkyl halides is 1. The zero-order chi connectivity index (χ0) is 22.4. The molecular formula is C29H34ClI. The highest BCUT2D eigenvalue weighted by Crippen LogP contribution is 2.44. The van der Waals surface area contributed by atoms with Gasteiger partial charge in [-0.25, -0.2) is 0 Å². The Hall–Kier alpha value is -1.32. The lowest BCUT2D eigenvalue weighted by Gasteiger charge is -2.35. The lowest BCUT2D eigenvalue weighted by atomic mass is 9.69. The van der Waals surface area contributed by atoms with E-state index >= 15 is 0 Å². The van der Waals surface area contributed by atoms with Gasteiger partial charge >= 0.3 is 0 Å². The van der Waals surface area contributed by atoms with Crippen molar-refractivity contribution in [2.45, 2.75) is 64.2 Å². The second kappa shape index (κ2) is 11.0. The van der Waals surface area contributed by atoms with E-state index in [9.17, 15) is 0 Å². The van der Waals surface area contributed by atoms with Crippen molar-refractivity contribution in [3.8, 4) is 0 Å². The van der Waals surface area contributed by atoms with Gasteiger partial charge in [0.25, 0.3) is 0 Å². The van der Waals surface area contributed by atoms with Crippen LogP contribution in [0.1, 0.15) is 80.5 Å². The molecule has 0 saturated carbocycles. The summed E-state index contributed by atoms with van der Waals surface area (Å²) in [6.07, 6.45) is 2.29. The first-order chi connectivity index (χ1) is 14.8. The summed E-state index contributed by atoms with van der Waals surface area (Å²) in [7, 11) is 0. The van der Waals surface area contributed by atoms with Crippen LogP contribution in [0.3, 0.4) is 0 Å². The normalized spacial score (nSPS) is 14.8. The second-order valence-electron chi connectivity index (χ2n) is 9.83. The molecule has 3 aromatic carbocycles. The third kappa shape index (κ3) is 6.83. The van der Waals surface area contributed by atoms with Gasteiger partial charge in [-0.1, -0.05) is 94.4 Å². The van der Waals surface area contributed by atoms with Crippen molar-refractivity contribution >= 4 is 34.2 Å². The Bertz CT molecular complexity index is 923. The maximum atomic E-state index is 6.04. The molecule has 0 radical (unpaired) electrons. The number of hydrogen-bond donors (Lipinski definition) is 0. The first kappa shape index (κ1) is 24.3. The molecule has 0 aliphatic heterocycles. The number of hydrogen-bond acceptors (Lipinski definition) is 0. The maximum Gasteiger partial charge on any atom is 0.0474 e. The van der Waals surface area contributed by atoms with Crippen LogP contribution >= 0.6 is 34.2 Å². The standard InChI is InChI=1S/C29H34ClI/c1-21(23-14-16-27(31)17-15-23)18-26(24-8-6-5-7-9-24)19-28(29(2,3)4)25-12-10-22(20-30)11-13-25/h5-17,21,26,28H,18-20H2,1-4H3. The van der Waals surface area contributed by atoms with Crippen LogP contribution in [0.4, 0.5) is 0 Å². The Kier molecular flexibility index (Phi) is 8.64. The fourth-order valence-electron chi connectivity index (χ4n) is 4.56. The molecule has 3 unspecified atom stereocenters. The first-order valence-corrected chi connectivity index (χ1v) is 12.8. The lowest BCUT2D eigenvalue weighted by molar-refractivity contribution is 0.282. The van der Waals surface area contributed by atoms with Crippen molar-refractivity contribution in [1.82, 2.24) is 0 Å². The maximum absolute atomic E-state index is 6.04. The molecule has 3 aromatic rings. The Labute approximate surface area is 207 Å². The topological polar surface area (TPSA) is 0 Å². The smallest absolute Gasteiger partial charge is 0.0474 e. The van der Waals surface area contributed by atoms with Gasteiger partial charge < -0.3 is 0 Å². The van der Waals surface area contributed by atoms with Gasteiger partial charge in [0.1, 0.15) is 0 Å². The molecule has 0 aliphatic rings. The van der Waals surface area contributed by atoms with E-state index in [2.05, 4.69) is 129 Å². The van der Waals surface area contributed by atoms with E-state index in [1.807, 2.05) is 0 Å². The molecule has 0 fully saturated rings. The number of halogens is 2. The third-order valence-electron chi connectivity index (χ3n) is 6.45. The van der Waals surface area contributed by atoms with Gasteiger partial charge in [0.2, 0.25) is 0 Å². The second-order valence-corrected chi connectivity index (χ2v) is 11.3. The van der Waals surface area contributed by atoms with Crippen molar-refractivity contribution in [3.63, 3.8) is 0 Å². The molecule has 0 nitrogen and oxygen atoms in total. The molecule has 3 rings (SSSR count). The Balaban J connectivity index is 1.90. The highest BCUT2D eigenvalue weighted by atomic mass is 127. The molecule has 164 valence electrons. The lowest BCUT2D eigenvalue weighted by Crippen LogP contribution is -2.22. The monoisotopic (exact) mass is 544 g/mol. The van der Waals surface area contributed by atoms with Crippen LogP contribution in [0.25, 0.3) is 0 Å². The fourth-order valence-corrected chi connectivity index (χ4v) is 5.10. The van der Waals surface area contributed by atoms with E-state index in [0.717, 1.165) is 12.8 Å². The summed E-state index contributed by atoms with van der Waals surface area (Å²) >= 11 is 8.42. The van der Waals surface area contributed by atoms with E-state index in [1.54, 1.807) is 0 Å². The summed E-state index contributed by atoms with van der Waals surface area (Å²) in [6, 6.07) is 29.1. The van der Waals surface area contributed by atoms with Gasteiger partial charge in [-0.3, -0.25) is 0 Å². The highest BCUT2D eigenvalue weighted by Gasteiger charge is 2.30. The van der Waals surface area contributed by atoms with E-state index < -0.39 is 0 Å². The molecule has 0 heterocycles. The SMILES string of the molecule is CC(CC(CC(c1ccc(CCl)cc1)C(C)(C)C)c1ccccc1)c1ccc(I)cc1. The molecule has 0 spiro atoms. The molecule has 31 heavy (non-hydrogen) atoms. The van der Waals surface area contributed by atoms with Gasteiger partial charge in [-0.05, 0) is 93.0 Å². The minimum atomic E-state index is 0.182. The van der Waals surface area contributed by atoms with Gasteiger partial charge in [0.05, 0.1) is 0 Å². The molecule has 0 amide bonds. The predicted octanol–water partition coefficient (Wildman–Crippen LogP) is 9.53. The molecule has 0 N–H and O–H groups in total. The molecule has 0 aromatic heterocycles. The minimum absolute atomic E-state index is 0.182. The van der Waals surface area contributed by atoms with Gasteiger partial charge in [0, 0.05) is 9.45 Å². The van der Waals surface area contributed by atoms with Crippen LogP contribution < -0.4 is 0 Å². The summed E-state index contributed by atoms with van der Waals surface area (Å²) in [4.78, 5) is 0. The van der Waals surface area contributed by atoms with Crippen molar-refractivity contribution in [2.24, 2.45) is 5.41 Å². The minimum Gasteiger partial charge on any atom is -0.122 e. The van der Waals surface area contributed by atoms with E-state index in [0.29, 0.717) is 23.6 Å². The zero-order valence-electron chi connectivity index (χ0n) is 19.1. The average molecular weight is 545 g/mol. The van der Waals surface area contributed by atoms with Crippen LogP contribution in [-0.2, 0) is 5.88 Å². The van der Waals surface area contributed by atoms with E-state index in [1.165, 1.54) is 25.8 Å². The van der Waals surface area contributed by atoms with Crippen LogP contribution in [0, 0.1) is 8.99 Å². The summed E-state index contributed by atoms with van der Waals surface area (Å²) in [5.41, 5.74) is 5.67. The van der Waals surface area contributed by atoms with Crippen molar-refractivity contribution in [3.05, 3.63) is 105 Å². The summed E-state index contributed by atoms with van der Waals surface area (Å²) in [5.74, 6) is 2.07. The summed E-state index contributed by atoms with van der Waals surface area (Å²) in [6.45, 7) is 9.49. The van der Waals surface area contributed by atoms with Crippen molar-refractivity contribution in [2.75, 3.05) is 0 Å². The third-order valence-corrected chi connectivity index (χ3v) is 7.48. The Morgan fingerprint density at radius 2 is 1.32 bits per heavy atom. The molecule has 0 saturated heterocycles. The number of benzene rings is 3. The number of rotatable bonds is 8. The van der Waals surface area contributed by atoms with Crippen LogP contribution in [-0.4, -0.2) is 0 Å². The highest BCUT2D eigenvalue weighted by molar-refractivity contribution is 14.1. The summed E-state index contributed by atoms with van der Waals surface area (Å²) < 4.78 is 1.29. The zero-order valence-corrected chi connectivity index (χ0v) is 22.0. The van der Waals surface area contributed by atoms with Crippen LogP contribution in [0.2, 0.25) is 0 Å². The quantitative estimate of drug-likeness (QED) is 0.196. The molecule has 0 aliphatic carbocycles. The fraction of sp³-hybridized carbons (Fsp3) is 0.379. The first-order valence-electron chi connectivity index (χ1n) is 11.2. The van der Waals surface area contributed by atoms with E-state index in [-0.39, 0.29) is 5.41 Å². The Morgan fingerprint density at radius 3 is 1.87 bits per heavy atom. The van der Waals surface area contributed by atoms with Gasteiger partial charge in [-0.15, -0.1) is 11.6 Å². The molecule has 0 bridgehead atoms. The van der Waals surface area contributed by atoms with Crippen molar-refractivity contribution in [1.29, 1.82) is 0 Å². The average Bonchev–Trinajstić information content (AvgIpc) is 2.77. The van der Waals surface area contributed by atoms with E-state index in [4.69, 9.17) is 11.6 Å². The summed E-state index contributed by atoms with van der Waals surface area (Å²) in [5, 5.41) is 0. The van der Waals surface area contributed by atoms with Gasteiger partial charge in [0.15, 0.2) is 0 Å². The molecule has 3 atom stereocenters. The van der Waals surface area contributed by atoms with Crippen LogP contribution in [0.15, 0.2) is 78.9 Å². The van der Waals surface area contributed by atoms with Crippen molar-refractivity contribution < 1.29 is 0 Å². The molecule has 2 heteroatoms. The Morgan fingerprint density at radius 1 is 0.742 bits per heavy atom. The van der Waals surface area contributed by atoms with Gasteiger partial charge in [-0.2, -0.15) is 0 Å². The predicted molar refractivity (Wildman–Crippen MR) is 144 cm³/mol. The van der Waals surface area contributed by atoms with Crippen LogP contribution in [0.5, 0.6) is 0 Å². The molecular weight excluding hydrogens is 511 g/mol. The largest absolute Gasteiger partial charge is 0.122 e.